The van der Waals surface area contributed by atoms with E-state index in [0.29, 0.717) is 11.4 Å². The van der Waals surface area contributed by atoms with Crippen LogP contribution < -0.4 is 0 Å². The molecule has 0 amide bonds. The van der Waals surface area contributed by atoms with Gasteiger partial charge in [-0.1, -0.05) is 171 Å². The third kappa shape index (κ3) is 4.96. The van der Waals surface area contributed by atoms with E-state index in [1.54, 1.807) is 0 Å². The van der Waals surface area contributed by atoms with Gasteiger partial charge < -0.3 is 0 Å². The maximum atomic E-state index is 8.77. The molecule has 8 aromatic rings. The monoisotopic (exact) mass is 631 g/mol. The van der Waals surface area contributed by atoms with Gasteiger partial charge in [0.15, 0.2) is 5.82 Å². The van der Waals surface area contributed by atoms with Crippen LogP contribution in [0.15, 0.2) is 170 Å². The maximum absolute atomic E-state index is 8.77. The van der Waals surface area contributed by atoms with Gasteiger partial charge in [0.05, 0.1) is 18.2 Å². The van der Waals surface area contributed by atoms with Crippen LogP contribution in [0.1, 0.15) is 31.8 Å². The predicted octanol–water partition coefficient (Wildman–Crippen LogP) is 12.3. The molecule has 49 heavy (non-hydrogen) atoms. The molecule has 0 unspecified atom stereocenters. The van der Waals surface area contributed by atoms with Crippen molar-refractivity contribution in [2.24, 2.45) is 0 Å². The molecule has 2 heteroatoms. The summed E-state index contributed by atoms with van der Waals surface area (Å²) in [6, 6.07) is 46.0. The molecule has 7 aromatic carbocycles. The highest BCUT2D eigenvalue weighted by atomic mass is 14.9. The fourth-order valence-electron chi connectivity index (χ4n) is 7.32. The molecule has 0 fully saturated rings. The van der Waals surface area contributed by atoms with Gasteiger partial charge in [0, 0.05) is 22.1 Å². The van der Waals surface area contributed by atoms with E-state index in [0.717, 1.165) is 44.2 Å². The van der Waals surface area contributed by atoms with Crippen LogP contribution in [0.3, 0.4) is 0 Å². The van der Waals surface area contributed by atoms with Crippen LogP contribution in [0.5, 0.6) is 0 Å². The number of hydrogen-bond donors (Lipinski definition) is 0. The average Bonchev–Trinajstić information content (AvgIpc) is 3.44. The van der Waals surface area contributed by atoms with Gasteiger partial charge >= 0.3 is 0 Å². The molecule has 0 spiro atoms. The van der Waals surface area contributed by atoms with Gasteiger partial charge in [-0.3, -0.25) is 0 Å². The van der Waals surface area contributed by atoms with E-state index in [2.05, 4.69) is 92.7 Å². The van der Waals surface area contributed by atoms with E-state index >= 15 is 0 Å². The van der Waals surface area contributed by atoms with Crippen molar-refractivity contribution in [2.75, 3.05) is 0 Å². The van der Waals surface area contributed by atoms with Crippen molar-refractivity contribution < 1.29 is 6.85 Å². The quantitative estimate of drug-likeness (QED) is 0.189. The largest absolute Gasteiger partial charge is 0.228 e. The standard InChI is InChI=1S/C47H34N2/c1-47(2)42-20-12-11-19-39(42)40-26-25-35(29-43(40)47)36-27-28-41(38-18-10-9-17-37(36)38)45-30-44(48-46(49-45)34-15-7-4-8-16-34)33-23-21-32(22-24-33)31-13-5-3-6-14-31/h3-30H,1-2H3/i4D,7D,8D,15D,16D. The van der Waals surface area contributed by atoms with Crippen LogP contribution in [0.4, 0.5) is 0 Å². The third-order valence-electron chi connectivity index (χ3n) is 9.83. The lowest BCUT2D eigenvalue weighted by Gasteiger charge is -2.22. The van der Waals surface area contributed by atoms with Gasteiger partial charge in [0.1, 0.15) is 0 Å². The fraction of sp³-hybridized carbons (Fsp3) is 0.0638. The topological polar surface area (TPSA) is 25.8 Å². The number of hydrogen-bond acceptors (Lipinski definition) is 2. The Kier molecular flexibility index (Phi) is 5.67. The summed E-state index contributed by atoms with van der Waals surface area (Å²) in [5.74, 6) is 0.0696. The molecule has 9 rings (SSSR count). The van der Waals surface area contributed by atoms with Gasteiger partial charge in [-0.25, -0.2) is 9.97 Å². The van der Waals surface area contributed by atoms with Crippen molar-refractivity contribution in [1.82, 2.24) is 9.97 Å². The first-order chi connectivity index (χ1) is 26.1. The lowest BCUT2D eigenvalue weighted by Crippen LogP contribution is -2.14. The van der Waals surface area contributed by atoms with Crippen LogP contribution in [0, 0.1) is 0 Å². The van der Waals surface area contributed by atoms with E-state index in [-0.39, 0.29) is 28.9 Å². The van der Waals surface area contributed by atoms with Crippen molar-refractivity contribution >= 4 is 10.8 Å². The molecule has 1 aromatic heterocycles. The molecule has 0 aliphatic heterocycles. The number of nitrogens with zero attached hydrogens (tertiary/aromatic N) is 2. The van der Waals surface area contributed by atoms with E-state index < -0.39 is 18.1 Å². The summed E-state index contributed by atoms with van der Waals surface area (Å²) >= 11 is 0. The summed E-state index contributed by atoms with van der Waals surface area (Å²) < 4.78 is 42.5. The SMILES string of the molecule is [2H]c1c([2H])c([2H])c(-c2nc(-c3ccc(-c4ccccc4)cc3)cc(-c3ccc(-c4ccc5c(c4)C(C)(C)c4ccccc4-5)c4ccccc34)n2)c([2H])c1[2H]. The zero-order chi connectivity index (χ0) is 37.3. The Morgan fingerprint density at radius 2 is 1.00 bits per heavy atom. The second-order valence-electron chi connectivity index (χ2n) is 13.0. The van der Waals surface area contributed by atoms with E-state index in [1.165, 1.54) is 22.3 Å². The van der Waals surface area contributed by atoms with Gasteiger partial charge in [-0.2, -0.15) is 0 Å². The van der Waals surface area contributed by atoms with Crippen molar-refractivity contribution in [3.63, 3.8) is 0 Å². The minimum absolute atomic E-state index is 0.0346. The van der Waals surface area contributed by atoms with Crippen LogP contribution in [0.25, 0.3) is 78.1 Å². The Bertz CT molecular complexity index is 2760. The minimum atomic E-state index is -0.456. The summed E-state index contributed by atoms with van der Waals surface area (Å²) in [5.41, 5.74) is 12.2. The summed E-state index contributed by atoms with van der Waals surface area (Å²) in [7, 11) is 0. The first-order valence-electron chi connectivity index (χ1n) is 19.0. The minimum Gasteiger partial charge on any atom is -0.228 e. The molecular formula is C47H34N2. The molecule has 2 nitrogen and oxygen atoms in total. The van der Waals surface area contributed by atoms with E-state index in [1.807, 2.05) is 60.7 Å². The Morgan fingerprint density at radius 3 is 1.80 bits per heavy atom. The highest BCUT2D eigenvalue weighted by Gasteiger charge is 2.35. The van der Waals surface area contributed by atoms with Crippen LogP contribution in [-0.4, -0.2) is 9.97 Å². The molecule has 0 bridgehead atoms. The zero-order valence-electron chi connectivity index (χ0n) is 32.2. The Hall–Kier alpha value is -6.12. The molecule has 0 radical (unpaired) electrons. The highest BCUT2D eigenvalue weighted by Crippen LogP contribution is 2.50. The van der Waals surface area contributed by atoms with Crippen molar-refractivity contribution in [2.45, 2.75) is 19.3 Å². The number of aromatic nitrogens is 2. The molecule has 0 saturated carbocycles. The Labute approximate surface area is 294 Å². The summed E-state index contributed by atoms with van der Waals surface area (Å²) in [4.78, 5) is 9.83. The number of fused-ring (bicyclic) bond motifs is 4. The van der Waals surface area contributed by atoms with Crippen molar-refractivity contribution in [3.8, 4) is 67.3 Å². The second-order valence-corrected chi connectivity index (χ2v) is 13.0. The van der Waals surface area contributed by atoms with Gasteiger partial charge in [0.2, 0.25) is 0 Å². The molecule has 0 saturated heterocycles. The summed E-state index contributed by atoms with van der Waals surface area (Å²) in [5, 5.41) is 2.04. The van der Waals surface area contributed by atoms with Crippen molar-refractivity contribution in [1.29, 1.82) is 0 Å². The number of rotatable bonds is 5. The average molecular weight is 632 g/mol. The smallest absolute Gasteiger partial charge is 0.160 e. The summed E-state index contributed by atoms with van der Waals surface area (Å²) in [6.45, 7) is 4.58. The van der Waals surface area contributed by atoms with Crippen LogP contribution in [-0.2, 0) is 5.41 Å². The first kappa shape index (κ1) is 24.1. The molecule has 0 N–H and O–H groups in total. The van der Waals surface area contributed by atoms with Crippen molar-refractivity contribution in [3.05, 3.63) is 181 Å². The van der Waals surface area contributed by atoms with Gasteiger partial charge in [0.25, 0.3) is 0 Å². The maximum Gasteiger partial charge on any atom is 0.160 e. The fourth-order valence-corrected chi connectivity index (χ4v) is 7.32. The van der Waals surface area contributed by atoms with Crippen LogP contribution in [0.2, 0.25) is 0 Å². The van der Waals surface area contributed by atoms with Crippen LogP contribution >= 0.6 is 0 Å². The number of benzene rings is 7. The molecule has 1 heterocycles. The predicted molar refractivity (Wildman–Crippen MR) is 204 cm³/mol. The second kappa shape index (κ2) is 11.5. The van der Waals surface area contributed by atoms with Gasteiger partial charge in [-0.15, -0.1) is 0 Å². The lowest BCUT2D eigenvalue weighted by atomic mass is 9.81. The Morgan fingerprint density at radius 1 is 0.429 bits per heavy atom. The molecule has 232 valence electrons. The summed E-state index contributed by atoms with van der Waals surface area (Å²) in [6.07, 6.45) is 0. The third-order valence-corrected chi connectivity index (χ3v) is 9.83. The normalized spacial score (nSPS) is 14.3. The molecule has 0 atom stereocenters. The highest BCUT2D eigenvalue weighted by molar-refractivity contribution is 6.05. The zero-order valence-corrected chi connectivity index (χ0v) is 27.2. The van der Waals surface area contributed by atoms with Gasteiger partial charge in [-0.05, 0) is 67.4 Å². The molecule has 1 aliphatic rings. The lowest BCUT2D eigenvalue weighted by molar-refractivity contribution is 0.660. The molecule has 1 aliphatic carbocycles. The van der Waals surface area contributed by atoms with E-state index in [9.17, 15) is 0 Å². The molecular weight excluding hydrogens is 593 g/mol. The first-order valence-corrected chi connectivity index (χ1v) is 16.5. The van der Waals surface area contributed by atoms with E-state index in [4.69, 9.17) is 16.8 Å². The Balaban J connectivity index is 1.22.